The van der Waals surface area contributed by atoms with Crippen molar-refractivity contribution in [2.45, 2.75) is 58.5 Å². The highest BCUT2D eigenvalue weighted by Gasteiger charge is 2.29. The largest absolute Gasteiger partial charge is 0.373 e. The summed E-state index contributed by atoms with van der Waals surface area (Å²) in [5.74, 6) is 0.898. The highest BCUT2D eigenvalue weighted by atomic mass is 32.1. The lowest BCUT2D eigenvalue weighted by Crippen LogP contribution is -2.39. The van der Waals surface area contributed by atoms with Crippen LogP contribution in [-0.2, 0) is 11.2 Å². The predicted molar refractivity (Wildman–Crippen MR) is 97.4 cm³/mol. The molecule has 2 heterocycles. The van der Waals surface area contributed by atoms with E-state index >= 15 is 0 Å². The number of hydrogen-bond donors (Lipinski definition) is 2. The maximum Gasteiger partial charge on any atom is 0.191 e. The van der Waals surface area contributed by atoms with Gasteiger partial charge in [0.1, 0.15) is 0 Å². The molecule has 130 valence electrons. The highest BCUT2D eigenvalue weighted by molar-refractivity contribution is 7.09. The molecule has 5 nitrogen and oxygen atoms in total. The topological polar surface area (TPSA) is 58.5 Å². The summed E-state index contributed by atoms with van der Waals surface area (Å²) in [5.41, 5.74) is 1.05. The fourth-order valence-corrected chi connectivity index (χ4v) is 3.49. The van der Waals surface area contributed by atoms with Crippen LogP contribution in [0.25, 0.3) is 0 Å². The van der Waals surface area contributed by atoms with Gasteiger partial charge in [-0.05, 0) is 52.9 Å². The van der Waals surface area contributed by atoms with Gasteiger partial charge in [-0.3, -0.25) is 4.99 Å². The van der Waals surface area contributed by atoms with Gasteiger partial charge < -0.3 is 15.4 Å². The van der Waals surface area contributed by atoms with Gasteiger partial charge in [0.15, 0.2) is 5.96 Å². The third-order valence-corrected chi connectivity index (χ3v) is 5.02. The van der Waals surface area contributed by atoms with Gasteiger partial charge in [-0.15, -0.1) is 11.3 Å². The number of nitrogens with zero attached hydrogens (tertiary/aromatic N) is 2. The number of guanidine groups is 1. The smallest absolute Gasteiger partial charge is 0.191 e. The van der Waals surface area contributed by atoms with Crippen LogP contribution in [-0.4, -0.2) is 42.8 Å². The average Bonchev–Trinajstić information content (AvgIpc) is 3.14. The van der Waals surface area contributed by atoms with Crippen LogP contribution in [0.1, 0.15) is 50.2 Å². The molecular formula is C17H30N4OS. The molecule has 6 heteroatoms. The fraction of sp³-hybridized carbons (Fsp3) is 0.765. The number of ether oxygens (including phenoxy) is 1. The second-order valence-electron chi connectivity index (χ2n) is 6.36. The van der Waals surface area contributed by atoms with Gasteiger partial charge in [-0.2, -0.15) is 0 Å². The molecule has 0 aliphatic carbocycles. The normalized spacial score (nSPS) is 21.6. The molecule has 1 atom stereocenters. The van der Waals surface area contributed by atoms with Crippen LogP contribution in [0.2, 0.25) is 0 Å². The summed E-state index contributed by atoms with van der Waals surface area (Å²) in [6.07, 6.45) is 5.59. The third kappa shape index (κ3) is 6.47. The molecule has 1 saturated heterocycles. The zero-order valence-corrected chi connectivity index (χ0v) is 15.5. The Bertz CT molecular complexity index is 495. The van der Waals surface area contributed by atoms with E-state index in [2.05, 4.69) is 46.8 Å². The van der Waals surface area contributed by atoms with Gasteiger partial charge in [0, 0.05) is 30.8 Å². The van der Waals surface area contributed by atoms with E-state index < -0.39 is 0 Å². The molecule has 1 aliphatic heterocycles. The number of rotatable bonds is 8. The van der Waals surface area contributed by atoms with Crippen LogP contribution < -0.4 is 10.6 Å². The maximum atomic E-state index is 5.79. The average molecular weight is 339 g/mol. The summed E-state index contributed by atoms with van der Waals surface area (Å²) in [7, 11) is 0. The van der Waals surface area contributed by atoms with Crippen molar-refractivity contribution in [1.82, 2.24) is 15.6 Å². The maximum absolute atomic E-state index is 5.79. The van der Waals surface area contributed by atoms with E-state index in [1.54, 1.807) is 11.3 Å². The molecule has 0 aromatic carbocycles. The summed E-state index contributed by atoms with van der Waals surface area (Å²) < 4.78 is 5.79. The van der Waals surface area contributed by atoms with E-state index in [0.29, 0.717) is 0 Å². The van der Waals surface area contributed by atoms with Crippen molar-refractivity contribution < 1.29 is 4.74 Å². The predicted octanol–water partition coefficient (Wildman–Crippen LogP) is 2.90. The van der Waals surface area contributed by atoms with Gasteiger partial charge in [-0.25, -0.2) is 4.98 Å². The van der Waals surface area contributed by atoms with Crippen molar-refractivity contribution in [1.29, 1.82) is 0 Å². The SMILES string of the molecule is CCNC(=NCC1(C)CCCO1)NCCCCc1nc(C)cs1. The minimum Gasteiger partial charge on any atom is -0.373 e. The number of thiazole rings is 1. The van der Waals surface area contributed by atoms with Gasteiger partial charge in [0.05, 0.1) is 17.2 Å². The van der Waals surface area contributed by atoms with E-state index in [4.69, 9.17) is 4.74 Å². The first-order valence-electron chi connectivity index (χ1n) is 8.68. The molecule has 1 fully saturated rings. The summed E-state index contributed by atoms with van der Waals surface area (Å²) in [6, 6.07) is 0. The Morgan fingerprint density at radius 2 is 2.30 bits per heavy atom. The lowest BCUT2D eigenvalue weighted by atomic mass is 10.0. The van der Waals surface area contributed by atoms with E-state index in [-0.39, 0.29) is 5.60 Å². The third-order valence-electron chi connectivity index (χ3n) is 3.99. The van der Waals surface area contributed by atoms with Gasteiger partial charge >= 0.3 is 0 Å². The zero-order valence-electron chi connectivity index (χ0n) is 14.7. The first kappa shape index (κ1) is 18.2. The zero-order chi connectivity index (χ0) is 16.5. The van der Waals surface area contributed by atoms with E-state index in [1.165, 1.54) is 5.01 Å². The second-order valence-corrected chi connectivity index (χ2v) is 7.31. The molecule has 2 rings (SSSR count). The molecule has 1 aromatic rings. The Morgan fingerprint density at radius 3 is 2.96 bits per heavy atom. The standard InChI is InChI=1S/C17H30N4OS/c1-4-18-16(20-13-17(3)9-7-11-22-17)19-10-6-5-8-15-21-14(2)12-23-15/h12H,4-11,13H2,1-3H3,(H2,18,19,20). The monoisotopic (exact) mass is 338 g/mol. The number of aliphatic imine (C=N–C) groups is 1. The lowest BCUT2D eigenvalue weighted by molar-refractivity contribution is 0.0283. The molecular weight excluding hydrogens is 308 g/mol. The van der Waals surface area contributed by atoms with Gasteiger partial charge in [0.25, 0.3) is 0 Å². The Labute approximate surface area is 144 Å². The van der Waals surface area contributed by atoms with E-state index in [9.17, 15) is 0 Å². The number of aromatic nitrogens is 1. The molecule has 1 unspecified atom stereocenters. The quantitative estimate of drug-likeness (QED) is 0.435. The van der Waals surface area contributed by atoms with Crippen LogP contribution in [0.5, 0.6) is 0 Å². The van der Waals surface area contributed by atoms with Crippen molar-refractivity contribution in [2.75, 3.05) is 26.2 Å². The Morgan fingerprint density at radius 1 is 1.43 bits per heavy atom. The van der Waals surface area contributed by atoms with Crippen LogP contribution >= 0.6 is 11.3 Å². The molecule has 0 bridgehead atoms. The number of unbranched alkanes of at least 4 members (excludes halogenated alkanes) is 1. The van der Waals surface area contributed by atoms with Crippen LogP contribution in [0.4, 0.5) is 0 Å². The molecule has 0 radical (unpaired) electrons. The van der Waals surface area contributed by atoms with E-state index in [0.717, 1.165) is 70.0 Å². The summed E-state index contributed by atoms with van der Waals surface area (Å²) >= 11 is 1.76. The molecule has 1 aliphatic rings. The lowest BCUT2D eigenvalue weighted by Gasteiger charge is -2.21. The van der Waals surface area contributed by atoms with Crippen LogP contribution in [0.3, 0.4) is 0 Å². The number of hydrogen-bond acceptors (Lipinski definition) is 4. The van der Waals surface area contributed by atoms with Crippen molar-refractivity contribution >= 4 is 17.3 Å². The molecule has 0 amide bonds. The number of aryl methyl sites for hydroxylation is 2. The Hall–Kier alpha value is -1.14. The van der Waals surface area contributed by atoms with Crippen molar-refractivity contribution in [3.8, 4) is 0 Å². The minimum atomic E-state index is -0.0783. The van der Waals surface area contributed by atoms with Gasteiger partial charge in [-0.1, -0.05) is 0 Å². The molecule has 23 heavy (non-hydrogen) atoms. The van der Waals surface area contributed by atoms with Gasteiger partial charge in [0.2, 0.25) is 0 Å². The van der Waals surface area contributed by atoms with Crippen molar-refractivity contribution in [3.63, 3.8) is 0 Å². The Balaban J connectivity index is 1.67. The highest BCUT2D eigenvalue weighted by Crippen LogP contribution is 2.24. The van der Waals surface area contributed by atoms with Crippen LogP contribution in [0, 0.1) is 6.92 Å². The summed E-state index contributed by atoms with van der Waals surface area (Å²) in [6.45, 7) is 9.70. The fourth-order valence-electron chi connectivity index (χ4n) is 2.68. The summed E-state index contributed by atoms with van der Waals surface area (Å²) in [5, 5.41) is 10.1. The van der Waals surface area contributed by atoms with Crippen molar-refractivity contribution in [2.24, 2.45) is 4.99 Å². The first-order chi connectivity index (χ1) is 11.1. The van der Waals surface area contributed by atoms with E-state index in [1.807, 2.05) is 0 Å². The second kappa shape index (κ2) is 9.23. The summed E-state index contributed by atoms with van der Waals surface area (Å²) in [4.78, 5) is 9.19. The van der Waals surface area contributed by atoms with Crippen molar-refractivity contribution in [3.05, 3.63) is 16.1 Å². The molecule has 2 N–H and O–H groups in total. The van der Waals surface area contributed by atoms with Crippen LogP contribution in [0.15, 0.2) is 10.4 Å². The Kier molecular flexibility index (Phi) is 7.30. The number of nitrogens with one attached hydrogen (secondary N) is 2. The first-order valence-corrected chi connectivity index (χ1v) is 9.56. The molecule has 1 aromatic heterocycles. The molecule has 0 spiro atoms. The minimum absolute atomic E-state index is 0.0783. The molecule has 0 saturated carbocycles.